The number of aromatic nitrogens is 4. The van der Waals surface area contributed by atoms with Gasteiger partial charge in [-0.15, -0.1) is 0 Å². The Bertz CT molecular complexity index is 1020. The number of hydrogen-bond donors (Lipinski definition) is 2. The molecule has 2 aromatic heterocycles. The molecule has 22 heavy (non-hydrogen) atoms. The van der Waals surface area contributed by atoms with Crippen molar-refractivity contribution < 1.29 is 13.2 Å². The molecule has 0 aliphatic heterocycles. The van der Waals surface area contributed by atoms with Crippen molar-refractivity contribution in [1.82, 2.24) is 19.6 Å². The van der Waals surface area contributed by atoms with E-state index in [1.165, 1.54) is 36.0 Å². The Hall–Kier alpha value is -2.72. The van der Waals surface area contributed by atoms with Gasteiger partial charge < -0.3 is 4.74 Å². The smallest absolute Gasteiger partial charge is 0.307 e. The van der Waals surface area contributed by atoms with Gasteiger partial charge in [0, 0.05) is 17.8 Å². The molecule has 0 spiro atoms. The zero-order valence-corrected chi connectivity index (χ0v) is 12.2. The van der Waals surface area contributed by atoms with Gasteiger partial charge in [0.2, 0.25) is 15.7 Å². The molecule has 0 saturated carbocycles. The SMILES string of the molecule is COc1cc(S(N)(=O)=O)ccc1-c1cn2cn[nH]c(=O)c2n1. The Morgan fingerprint density at radius 1 is 1.36 bits per heavy atom. The number of nitrogens with zero attached hydrogens (tertiary/aromatic N) is 3. The lowest BCUT2D eigenvalue weighted by atomic mass is 10.1. The van der Waals surface area contributed by atoms with Crippen LogP contribution in [0.3, 0.4) is 0 Å². The fourth-order valence-corrected chi connectivity index (χ4v) is 2.57. The fraction of sp³-hybridized carbons (Fsp3) is 0.0833. The maximum atomic E-state index is 11.6. The van der Waals surface area contributed by atoms with Gasteiger partial charge in [-0.25, -0.2) is 23.6 Å². The molecule has 0 radical (unpaired) electrons. The topological polar surface area (TPSA) is 132 Å². The Labute approximate surface area is 124 Å². The summed E-state index contributed by atoms with van der Waals surface area (Å²) in [5.41, 5.74) is 0.700. The summed E-state index contributed by atoms with van der Waals surface area (Å²) in [4.78, 5) is 15.8. The first kappa shape index (κ1) is 14.2. The van der Waals surface area contributed by atoms with E-state index in [-0.39, 0.29) is 16.3 Å². The van der Waals surface area contributed by atoms with E-state index in [2.05, 4.69) is 15.2 Å². The second-order valence-electron chi connectivity index (χ2n) is 4.45. The van der Waals surface area contributed by atoms with Gasteiger partial charge in [0.25, 0.3) is 0 Å². The predicted molar refractivity (Wildman–Crippen MR) is 77.0 cm³/mol. The van der Waals surface area contributed by atoms with Crippen molar-refractivity contribution in [2.75, 3.05) is 7.11 Å². The van der Waals surface area contributed by atoms with Crippen LogP contribution in [0.4, 0.5) is 0 Å². The zero-order chi connectivity index (χ0) is 15.9. The number of nitrogens with two attached hydrogens (primary N) is 1. The lowest BCUT2D eigenvalue weighted by molar-refractivity contribution is 0.415. The fourth-order valence-electron chi connectivity index (χ4n) is 2.04. The van der Waals surface area contributed by atoms with Crippen molar-refractivity contribution in [2.45, 2.75) is 4.90 Å². The molecule has 2 heterocycles. The normalized spacial score (nSPS) is 11.7. The number of ether oxygens (including phenoxy) is 1. The molecule has 0 saturated heterocycles. The highest BCUT2D eigenvalue weighted by Gasteiger charge is 2.16. The lowest BCUT2D eigenvalue weighted by Crippen LogP contribution is -2.12. The van der Waals surface area contributed by atoms with E-state index in [0.717, 1.165) is 0 Å². The molecule has 10 heteroatoms. The maximum absolute atomic E-state index is 11.6. The van der Waals surface area contributed by atoms with Gasteiger partial charge >= 0.3 is 5.56 Å². The van der Waals surface area contributed by atoms with Gasteiger partial charge in [0.05, 0.1) is 17.7 Å². The van der Waals surface area contributed by atoms with Crippen molar-refractivity contribution in [3.05, 3.63) is 41.1 Å². The van der Waals surface area contributed by atoms with E-state index in [9.17, 15) is 13.2 Å². The summed E-state index contributed by atoms with van der Waals surface area (Å²) in [6.07, 6.45) is 2.99. The molecule has 3 aromatic rings. The number of imidazole rings is 1. The zero-order valence-electron chi connectivity index (χ0n) is 11.3. The van der Waals surface area contributed by atoms with Gasteiger partial charge in [0.15, 0.2) is 0 Å². The van der Waals surface area contributed by atoms with Crippen molar-refractivity contribution in [3.63, 3.8) is 0 Å². The monoisotopic (exact) mass is 321 g/mol. The molecular weight excluding hydrogens is 310 g/mol. The second kappa shape index (κ2) is 4.93. The van der Waals surface area contributed by atoms with Gasteiger partial charge in [-0.3, -0.25) is 9.20 Å². The quantitative estimate of drug-likeness (QED) is 0.683. The van der Waals surface area contributed by atoms with E-state index in [1.54, 1.807) is 6.20 Å². The number of H-pyrrole nitrogens is 1. The highest BCUT2D eigenvalue weighted by Crippen LogP contribution is 2.31. The van der Waals surface area contributed by atoms with Crippen molar-refractivity contribution >= 4 is 15.7 Å². The minimum atomic E-state index is -3.84. The van der Waals surface area contributed by atoms with Crippen molar-refractivity contribution in [3.8, 4) is 17.0 Å². The molecule has 3 rings (SSSR count). The summed E-state index contributed by atoms with van der Waals surface area (Å²) in [5.74, 6) is 0.277. The Morgan fingerprint density at radius 2 is 2.14 bits per heavy atom. The Balaban J connectivity index is 2.22. The molecule has 0 amide bonds. The number of sulfonamides is 1. The third-order valence-corrected chi connectivity index (χ3v) is 3.97. The van der Waals surface area contributed by atoms with E-state index in [1.807, 2.05) is 0 Å². The molecule has 1 aromatic carbocycles. The van der Waals surface area contributed by atoms with Crippen LogP contribution in [-0.2, 0) is 10.0 Å². The molecular formula is C12H11N5O4S. The van der Waals surface area contributed by atoms with Crippen molar-refractivity contribution in [1.29, 1.82) is 0 Å². The first-order valence-electron chi connectivity index (χ1n) is 6.04. The summed E-state index contributed by atoms with van der Waals surface area (Å²) in [6.45, 7) is 0. The maximum Gasteiger partial charge on any atom is 0.307 e. The molecule has 3 N–H and O–H groups in total. The molecule has 0 fully saturated rings. The summed E-state index contributed by atoms with van der Waals surface area (Å²) in [6, 6.07) is 4.17. The number of hydrogen-bond acceptors (Lipinski definition) is 6. The summed E-state index contributed by atoms with van der Waals surface area (Å²) in [5, 5.41) is 11.0. The third-order valence-electron chi connectivity index (χ3n) is 3.06. The van der Waals surface area contributed by atoms with E-state index in [0.29, 0.717) is 11.3 Å². The van der Waals surface area contributed by atoms with Crippen LogP contribution in [-0.4, -0.2) is 35.1 Å². The second-order valence-corrected chi connectivity index (χ2v) is 6.01. The van der Waals surface area contributed by atoms with Crippen LogP contribution in [0.25, 0.3) is 16.9 Å². The number of methoxy groups -OCH3 is 1. The Kier molecular flexibility index (Phi) is 3.19. The molecule has 9 nitrogen and oxygen atoms in total. The minimum absolute atomic E-state index is 0.0728. The van der Waals surface area contributed by atoms with Gasteiger partial charge in [-0.2, -0.15) is 5.10 Å². The standard InChI is InChI=1S/C12H11N5O4S/c1-21-10-4-7(22(13,19)20)2-3-8(10)9-5-17-6-14-16-12(18)11(17)15-9/h2-6H,1H3,(H,16,18)(H2,13,19,20). The summed E-state index contributed by atoms with van der Waals surface area (Å²) < 4.78 is 29.4. The third kappa shape index (κ3) is 2.34. The molecule has 0 bridgehead atoms. The van der Waals surface area contributed by atoms with Crippen LogP contribution in [0.1, 0.15) is 0 Å². The van der Waals surface area contributed by atoms with Gasteiger partial charge in [-0.1, -0.05) is 0 Å². The van der Waals surface area contributed by atoms with Crippen LogP contribution in [0.15, 0.2) is 40.4 Å². The number of nitrogens with one attached hydrogen (secondary N) is 1. The molecule has 0 aliphatic rings. The van der Waals surface area contributed by atoms with E-state index < -0.39 is 15.6 Å². The highest BCUT2D eigenvalue weighted by molar-refractivity contribution is 7.89. The van der Waals surface area contributed by atoms with Gasteiger partial charge in [-0.05, 0) is 12.1 Å². The lowest BCUT2D eigenvalue weighted by Gasteiger charge is -2.07. The summed E-state index contributed by atoms with van der Waals surface area (Å²) in [7, 11) is -2.44. The van der Waals surface area contributed by atoms with Crippen LogP contribution in [0, 0.1) is 0 Å². The largest absolute Gasteiger partial charge is 0.496 e. The molecule has 114 valence electrons. The summed E-state index contributed by atoms with van der Waals surface area (Å²) >= 11 is 0. The number of fused-ring (bicyclic) bond motifs is 1. The average Bonchev–Trinajstić information content (AvgIpc) is 2.91. The minimum Gasteiger partial charge on any atom is -0.496 e. The number of rotatable bonds is 3. The molecule has 0 aliphatic carbocycles. The first-order valence-corrected chi connectivity index (χ1v) is 7.58. The van der Waals surface area contributed by atoms with Crippen LogP contribution in [0.2, 0.25) is 0 Å². The van der Waals surface area contributed by atoms with Crippen LogP contribution < -0.4 is 15.4 Å². The molecule has 0 atom stereocenters. The van der Waals surface area contributed by atoms with Crippen LogP contribution in [0.5, 0.6) is 5.75 Å². The Morgan fingerprint density at radius 3 is 2.77 bits per heavy atom. The van der Waals surface area contributed by atoms with Gasteiger partial charge in [0.1, 0.15) is 12.1 Å². The van der Waals surface area contributed by atoms with Crippen LogP contribution >= 0.6 is 0 Å². The number of aromatic amines is 1. The van der Waals surface area contributed by atoms with E-state index in [4.69, 9.17) is 9.88 Å². The number of primary sulfonamides is 1. The predicted octanol–water partition coefficient (Wildman–Crippen LogP) is -0.259. The highest BCUT2D eigenvalue weighted by atomic mass is 32.2. The van der Waals surface area contributed by atoms with Crippen molar-refractivity contribution in [2.24, 2.45) is 5.14 Å². The first-order chi connectivity index (χ1) is 10.4. The average molecular weight is 321 g/mol. The van der Waals surface area contributed by atoms with E-state index >= 15 is 0 Å². The number of benzene rings is 1. The molecule has 0 unspecified atom stereocenters.